The molecule has 0 radical (unpaired) electrons. The highest BCUT2D eigenvalue weighted by Gasteiger charge is 2.29. The quantitative estimate of drug-likeness (QED) is 0.573. The Bertz CT molecular complexity index is 512. The molecule has 2 atom stereocenters. The van der Waals surface area contributed by atoms with Crippen molar-refractivity contribution in [3.8, 4) is 0 Å². The number of nitrogens with zero attached hydrogens (tertiary/aromatic N) is 1. The van der Waals surface area contributed by atoms with Crippen molar-refractivity contribution in [3.63, 3.8) is 0 Å². The van der Waals surface area contributed by atoms with Crippen LogP contribution in [-0.4, -0.2) is 35.2 Å². The average molecular weight is 335 g/mol. The average Bonchev–Trinajstić information content (AvgIpc) is 2.47. The Morgan fingerprint density at radius 1 is 1.29 bits per heavy atom. The van der Waals surface area contributed by atoms with Gasteiger partial charge in [-0.15, -0.1) is 0 Å². The molecule has 5 nitrogen and oxygen atoms in total. The van der Waals surface area contributed by atoms with Crippen LogP contribution in [0.25, 0.3) is 0 Å². The van der Waals surface area contributed by atoms with Crippen molar-refractivity contribution in [1.29, 1.82) is 0 Å². The molecule has 0 bridgehead atoms. The Morgan fingerprint density at radius 3 is 2.54 bits per heavy atom. The van der Waals surface area contributed by atoms with E-state index in [1.165, 1.54) is 0 Å². The van der Waals surface area contributed by atoms with Crippen LogP contribution in [0.2, 0.25) is 0 Å². The molecule has 0 saturated heterocycles. The third kappa shape index (κ3) is 7.88. The summed E-state index contributed by atoms with van der Waals surface area (Å²) in [7, 11) is 0. The lowest BCUT2D eigenvalue weighted by Gasteiger charge is -2.30. The van der Waals surface area contributed by atoms with Crippen molar-refractivity contribution in [1.82, 2.24) is 15.6 Å². The lowest BCUT2D eigenvalue weighted by Crippen LogP contribution is -2.46. The lowest BCUT2D eigenvalue weighted by atomic mass is 9.80. The van der Waals surface area contributed by atoms with Gasteiger partial charge in [-0.25, -0.2) is 0 Å². The molecule has 0 aliphatic rings. The fourth-order valence-electron chi connectivity index (χ4n) is 2.97. The van der Waals surface area contributed by atoms with Gasteiger partial charge in [0.2, 0.25) is 0 Å². The first kappa shape index (κ1) is 20.6. The van der Waals surface area contributed by atoms with Gasteiger partial charge < -0.3 is 15.7 Å². The molecule has 1 rings (SSSR count). The SMILES string of the molecule is CC[C@@H](CC(C)(C)C)[C@H](NCCNCc1cccc(C)n1)C(=O)O. The number of carbonyl (C=O) groups is 1. The maximum atomic E-state index is 11.6. The van der Waals surface area contributed by atoms with E-state index in [4.69, 9.17) is 0 Å². The van der Waals surface area contributed by atoms with Gasteiger partial charge in [0, 0.05) is 25.3 Å². The van der Waals surface area contributed by atoms with Gasteiger partial charge in [0.15, 0.2) is 0 Å². The van der Waals surface area contributed by atoms with Gasteiger partial charge in [-0.2, -0.15) is 0 Å². The van der Waals surface area contributed by atoms with Crippen LogP contribution >= 0.6 is 0 Å². The van der Waals surface area contributed by atoms with E-state index in [1.807, 2.05) is 25.1 Å². The second-order valence-electron chi connectivity index (χ2n) is 7.65. The number of pyridine rings is 1. The smallest absolute Gasteiger partial charge is 0.320 e. The largest absolute Gasteiger partial charge is 0.480 e. The molecule has 3 N–H and O–H groups in total. The molecule has 0 fully saturated rings. The van der Waals surface area contributed by atoms with Gasteiger partial charge in [0.1, 0.15) is 6.04 Å². The minimum Gasteiger partial charge on any atom is -0.480 e. The molecule has 0 unspecified atom stereocenters. The predicted octanol–water partition coefficient (Wildman–Crippen LogP) is 2.98. The monoisotopic (exact) mass is 335 g/mol. The van der Waals surface area contributed by atoms with E-state index in [1.54, 1.807) is 0 Å². The van der Waals surface area contributed by atoms with Crippen LogP contribution in [0.4, 0.5) is 0 Å². The molecule has 5 heteroatoms. The van der Waals surface area contributed by atoms with Crippen LogP contribution < -0.4 is 10.6 Å². The number of carboxylic acids is 1. The highest BCUT2D eigenvalue weighted by Crippen LogP contribution is 2.28. The van der Waals surface area contributed by atoms with Crippen molar-refractivity contribution < 1.29 is 9.90 Å². The van der Waals surface area contributed by atoms with E-state index >= 15 is 0 Å². The minimum atomic E-state index is -0.758. The van der Waals surface area contributed by atoms with E-state index in [2.05, 4.69) is 43.3 Å². The minimum absolute atomic E-state index is 0.130. The molecule has 24 heavy (non-hydrogen) atoms. The summed E-state index contributed by atoms with van der Waals surface area (Å²) < 4.78 is 0. The molecule has 136 valence electrons. The van der Waals surface area contributed by atoms with Crippen LogP contribution in [0.1, 0.15) is 51.9 Å². The number of aromatic nitrogens is 1. The normalized spacial score (nSPS) is 14.4. The zero-order chi connectivity index (χ0) is 18.2. The number of hydrogen-bond donors (Lipinski definition) is 3. The summed E-state index contributed by atoms with van der Waals surface area (Å²) in [6, 6.07) is 5.47. The Hall–Kier alpha value is -1.46. The van der Waals surface area contributed by atoms with Crippen LogP contribution in [0.3, 0.4) is 0 Å². The Kier molecular flexibility index (Phi) is 8.36. The summed E-state index contributed by atoms with van der Waals surface area (Å²) in [5, 5.41) is 16.1. The zero-order valence-electron chi connectivity index (χ0n) is 15.7. The molecule has 0 saturated carbocycles. The van der Waals surface area contributed by atoms with Gasteiger partial charge in [-0.1, -0.05) is 40.2 Å². The molecule has 1 aromatic heterocycles. The number of nitrogens with one attached hydrogen (secondary N) is 2. The predicted molar refractivity (Wildman–Crippen MR) is 98.0 cm³/mol. The van der Waals surface area contributed by atoms with Crippen molar-refractivity contribution in [2.75, 3.05) is 13.1 Å². The van der Waals surface area contributed by atoms with Gasteiger partial charge in [-0.3, -0.25) is 9.78 Å². The highest BCUT2D eigenvalue weighted by atomic mass is 16.4. The van der Waals surface area contributed by atoms with Crippen LogP contribution in [0.15, 0.2) is 18.2 Å². The number of rotatable bonds is 10. The van der Waals surface area contributed by atoms with Crippen LogP contribution in [0.5, 0.6) is 0 Å². The summed E-state index contributed by atoms with van der Waals surface area (Å²) in [6.45, 7) is 12.5. The van der Waals surface area contributed by atoms with E-state index < -0.39 is 12.0 Å². The molecule has 0 aliphatic carbocycles. The number of aryl methyl sites for hydroxylation is 1. The highest BCUT2D eigenvalue weighted by molar-refractivity contribution is 5.73. The standard InChI is InChI=1S/C19H33N3O2/c1-6-15(12-19(3,4)5)17(18(23)24)21-11-10-20-13-16-9-7-8-14(2)22-16/h7-9,15,17,20-21H,6,10-13H2,1-5H3,(H,23,24)/t15-,17-/m0/s1. The number of carboxylic acid groups (broad SMARTS) is 1. The summed E-state index contributed by atoms with van der Waals surface area (Å²) in [5.74, 6) is -0.618. The first-order valence-corrected chi connectivity index (χ1v) is 8.82. The fourth-order valence-corrected chi connectivity index (χ4v) is 2.97. The zero-order valence-corrected chi connectivity index (χ0v) is 15.7. The van der Waals surface area contributed by atoms with Crippen LogP contribution in [0, 0.1) is 18.3 Å². The summed E-state index contributed by atoms with van der Waals surface area (Å²) >= 11 is 0. The van der Waals surface area contributed by atoms with Crippen molar-refractivity contribution in [3.05, 3.63) is 29.6 Å². The second kappa shape index (κ2) is 9.74. The van der Waals surface area contributed by atoms with E-state index in [0.29, 0.717) is 19.6 Å². The molecule has 1 aromatic rings. The molecule has 0 aromatic carbocycles. The van der Waals surface area contributed by atoms with Gasteiger partial charge in [0.25, 0.3) is 0 Å². The van der Waals surface area contributed by atoms with E-state index in [-0.39, 0.29) is 11.3 Å². The third-order valence-electron chi connectivity index (χ3n) is 4.05. The molecule has 0 spiro atoms. The fraction of sp³-hybridized carbons (Fsp3) is 0.684. The van der Waals surface area contributed by atoms with E-state index in [0.717, 1.165) is 24.2 Å². The molecular weight excluding hydrogens is 302 g/mol. The van der Waals surface area contributed by atoms with E-state index in [9.17, 15) is 9.90 Å². The Morgan fingerprint density at radius 2 is 2.00 bits per heavy atom. The molecule has 1 heterocycles. The number of hydrogen-bond acceptors (Lipinski definition) is 4. The van der Waals surface area contributed by atoms with Crippen molar-refractivity contribution >= 4 is 5.97 Å². The lowest BCUT2D eigenvalue weighted by molar-refractivity contribution is -0.141. The molecule has 0 aliphatic heterocycles. The Balaban J connectivity index is 2.42. The van der Waals surface area contributed by atoms with Crippen molar-refractivity contribution in [2.24, 2.45) is 11.3 Å². The third-order valence-corrected chi connectivity index (χ3v) is 4.05. The van der Waals surface area contributed by atoms with Gasteiger partial charge in [-0.05, 0) is 36.8 Å². The molecular formula is C19H33N3O2. The van der Waals surface area contributed by atoms with Gasteiger partial charge in [0.05, 0.1) is 5.69 Å². The maximum Gasteiger partial charge on any atom is 0.320 e. The summed E-state index contributed by atoms with van der Waals surface area (Å²) in [5.41, 5.74) is 2.14. The summed E-state index contributed by atoms with van der Waals surface area (Å²) in [6.07, 6.45) is 1.76. The second-order valence-corrected chi connectivity index (χ2v) is 7.65. The maximum absolute atomic E-state index is 11.6. The Labute approximate surface area is 146 Å². The molecule has 0 amide bonds. The van der Waals surface area contributed by atoms with Crippen LogP contribution in [-0.2, 0) is 11.3 Å². The summed E-state index contributed by atoms with van der Waals surface area (Å²) in [4.78, 5) is 16.1. The number of aliphatic carboxylic acids is 1. The topological polar surface area (TPSA) is 74.2 Å². The van der Waals surface area contributed by atoms with Gasteiger partial charge >= 0.3 is 5.97 Å². The first-order valence-electron chi connectivity index (χ1n) is 8.82. The first-order chi connectivity index (χ1) is 11.2. The van der Waals surface area contributed by atoms with Crippen molar-refractivity contribution in [2.45, 2.75) is 60.0 Å².